The van der Waals surface area contributed by atoms with Gasteiger partial charge in [-0.1, -0.05) is 19.2 Å². The van der Waals surface area contributed by atoms with E-state index in [0.29, 0.717) is 18.6 Å². The van der Waals surface area contributed by atoms with Gasteiger partial charge in [-0.05, 0) is 18.2 Å². The molecule has 1 saturated heterocycles. The van der Waals surface area contributed by atoms with Crippen molar-refractivity contribution in [1.29, 1.82) is 0 Å². The fourth-order valence-corrected chi connectivity index (χ4v) is 0.968. The highest BCUT2D eigenvalue weighted by Gasteiger charge is 2.14. The summed E-state index contributed by atoms with van der Waals surface area (Å²) in [4.78, 5) is 14.2. The number of pyridine rings is 1. The van der Waals surface area contributed by atoms with Gasteiger partial charge in [0.05, 0.1) is 12.3 Å². The molecule has 1 aromatic rings. The van der Waals surface area contributed by atoms with E-state index in [1.807, 2.05) is 18.2 Å². The zero-order valence-corrected chi connectivity index (χ0v) is 8.48. The van der Waals surface area contributed by atoms with Crippen LogP contribution in [0.5, 0.6) is 0 Å². The second kappa shape index (κ2) is 5.75. The molecule has 1 aromatic heterocycles. The highest BCUT2D eigenvalue weighted by Crippen LogP contribution is 2.08. The van der Waals surface area contributed by atoms with Gasteiger partial charge >= 0.3 is 5.97 Å². The van der Waals surface area contributed by atoms with Crippen LogP contribution in [-0.4, -0.2) is 17.6 Å². The molecule has 78 valence electrons. The maximum Gasteiger partial charge on any atom is 0.333 e. The first-order valence-corrected chi connectivity index (χ1v) is 4.62. The molecule has 0 spiro atoms. The van der Waals surface area contributed by atoms with Gasteiger partial charge in [-0.2, -0.15) is 0 Å². The Bertz CT molecular complexity index is 343. The summed E-state index contributed by atoms with van der Waals surface area (Å²) in [5.41, 5.74) is 1.52. The van der Waals surface area contributed by atoms with Crippen molar-refractivity contribution in [3.05, 3.63) is 48.8 Å². The van der Waals surface area contributed by atoms with Crippen molar-refractivity contribution in [2.75, 3.05) is 6.61 Å². The van der Waals surface area contributed by atoms with Crippen LogP contribution in [0.4, 0.5) is 0 Å². The zero-order valence-electron chi connectivity index (χ0n) is 8.48. The van der Waals surface area contributed by atoms with E-state index < -0.39 is 0 Å². The van der Waals surface area contributed by atoms with E-state index >= 15 is 0 Å². The molecule has 1 fully saturated rings. The van der Waals surface area contributed by atoms with E-state index in [2.05, 4.69) is 22.9 Å². The second-order valence-electron chi connectivity index (χ2n) is 2.95. The summed E-state index contributed by atoms with van der Waals surface area (Å²) in [6.07, 6.45) is 4.18. The van der Waals surface area contributed by atoms with Crippen LogP contribution in [0, 0.1) is 0 Å². The molecule has 0 aromatic carbocycles. The molecule has 0 saturated carbocycles. The minimum Gasteiger partial charge on any atom is -0.462 e. The van der Waals surface area contributed by atoms with Crippen molar-refractivity contribution in [3.8, 4) is 0 Å². The summed E-state index contributed by atoms with van der Waals surface area (Å²) in [7, 11) is 0. The molecule has 3 nitrogen and oxygen atoms in total. The van der Waals surface area contributed by atoms with E-state index in [0.717, 1.165) is 5.69 Å². The third-order valence-corrected chi connectivity index (χ3v) is 1.82. The van der Waals surface area contributed by atoms with Crippen molar-refractivity contribution in [2.45, 2.75) is 6.42 Å². The summed E-state index contributed by atoms with van der Waals surface area (Å²) in [6, 6.07) is 5.73. The summed E-state index contributed by atoms with van der Waals surface area (Å²) in [5.74, 6) is -0.236. The van der Waals surface area contributed by atoms with Crippen LogP contribution in [0.3, 0.4) is 0 Å². The van der Waals surface area contributed by atoms with Crippen LogP contribution in [0.25, 0.3) is 6.08 Å². The van der Waals surface area contributed by atoms with Gasteiger partial charge in [0.25, 0.3) is 0 Å². The number of hydrogen-bond acceptors (Lipinski definition) is 3. The Morgan fingerprint density at radius 1 is 1.47 bits per heavy atom. The molecule has 0 unspecified atom stereocenters. The highest BCUT2D eigenvalue weighted by atomic mass is 16.5. The van der Waals surface area contributed by atoms with Crippen LogP contribution >= 0.6 is 0 Å². The first-order chi connectivity index (χ1) is 7.24. The minimum atomic E-state index is -0.236. The van der Waals surface area contributed by atoms with E-state index in [1.54, 1.807) is 12.3 Å². The molecular formula is C12H13NO2. The van der Waals surface area contributed by atoms with Gasteiger partial charge in [0.2, 0.25) is 0 Å². The maximum absolute atomic E-state index is 10.3. The van der Waals surface area contributed by atoms with Crippen molar-refractivity contribution < 1.29 is 9.53 Å². The molecule has 1 aliphatic heterocycles. The molecule has 0 radical (unpaired) electrons. The van der Waals surface area contributed by atoms with Gasteiger partial charge in [-0.25, -0.2) is 4.79 Å². The number of aromatic nitrogens is 1. The number of rotatable bonds is 1. The summed E-state index contributed by atoms with van der Waals surface area (Å²) < 4.78 is 4.53. The first-order valence-electron chi connectivity index (χ1n) is 4.62. The molecule has 0 N–H and O–H groups in total. The van der Waals surface area contributed by atoms with Crippen molar-refractivity contribution in [2.24, 2.45) is 0 Å². The lowest BCUT2D eigenvalue weighted by Crippen LogP contribution is -1.91. The van der Waals surface area contributed by atoms with Gasteiger partial charge < -0.3 is 4.74 Å². The molecule has 1 aliphatic rings. The average Bonchev–Trinajstić information content (AvgIpc) is 2.65. The lowest BCUT2D eigenvalue weighted by atomic mass is 10.3. The Labute approximate surface area is 89.1 Å². The summed E-state index contributed by atoms with van der Waals surface area (Å²) >= 11 is 0. The van der Waals surface area contributed by atoms with Crippen LogP contribution < -0.4 is 0 Å². The van der Waals surface area contributed by atoms with Gasteiger partial charge in [0.1, 0.15) is 0 Å². The smallest absolute Gasteiger partial charge is 0.333 e. The van der Waals surface area contributed by atoms with E-state index in [-0.39, 0.29) is 5.97 Å². The van der Waals surface area contributed by atoms with Crippen LogP contribution in [0.1, 0.15) is 12.1 Å². The van der Waals surface area contributed by atoms with Crippen molar-refractivity contribution in [3.63, 3.8) is 0 Å². The van der Waals surface area contributed by atoms with Gasteiger partial charge in [0, 0.05) is 18.2 Å². The van der Waals surface area contributed by atoms with Crippen LogP contribution in [0.15, 0.2) is 43.1 Å². The Balaban J connectivity index is 0.000000151. The fourth-order valence-electron chi connectivity index (χ4n) is 0.968. The number of hydrogen-bond donors (Lipinski definition) is 0. The second-order valence-corrected chi connectivity index (χ2v) is 2.95. The zero-order chi connectivity index (χ0) is 11.1. The van der Waals surface area contributed by atoms with Gasteiger partial charge in [-0.15, -0.1) is 0 Å². The third-order valence-electron chi connectivity index (χ3n) is 1.82. The van der Waals surface area contributed by atoms with Crippen LogP contribution in [0.2, 0.25) is 0 Å². The number of nitrogens with zero attached hydrogens (tertiary/aromatic N) is 1. The number of esters is 1. The van der Waals surface area contributed by atoms with E-state index in [1.165, 1.54) is 0 Å². The Morgan fingerprint density at radius 3 is 2.53 bits per heavy atom. The quantitative estimate of drug-likeness (QED) is 0.519. The predicted octanol–water partition coefficient (Wildman–Crippen LogP) is 2.21. The monoisotopic (exact) mass is 203 g/mol. The Hall–Kier alpha value is -1.90. The predicted molar refractivity (Wildman–Crippen MR) is 59.0 cm³/mol. The van der Waals surface area contributed by atoms with E-state index in [9.17, 15) is 4.79 Å². The standard InChI is InChI=1S/C7H7N.C5H6O2/c1-2-7-5-3-4-6-8-7;1-4-2-3-7-5(4)6/h2-6H,1H2;1-3H2. The molecular weight excluding hydrogens is 190 g/mol. The largest absolute Gasteiger partial charge is 0.462 e. The molecule has 0 atom stereocenters. The number of cyclic esters (lactones) is 1. The maximum atomic E-state index is 10.3. The fraction of sp³-hybridized carbons (Fsp3) is 0.167. The molecule has 2 heterocycles. The molecule has 0 amide bonds. The number of carbonyl (C=O) groups is 1. The SMILES string of the molecule is C=C1CCOC1=O.C=Cc1ccccn1. The highest BCUT2D eigenvalue weighted by molar-refractivity contribution is 5.89. The van der Waals surface area contributed by atoms with Gasteiger partial charge in [0.15, 0.2) is 0 Å². The molecule has 15 heavy (non-hydrogen) atoms. The third kappa shape index (κ3) is 3.77. The number of ether oxygens (including phenoxy) is 1. The first kappa shape index (κ1) is 11.2. The normalized spacial score (nSPS) is 13.9. The molecule has 2 rings (SSSR count). The van der Waals surface area contributed by atoms with E-state index in [4.69, 9.17) is 0 Å². The lowest BCUT2D eigenvalue weighted by molar-refractivity contribution is -0.135. The molecule has 0 aliphatic carbocycles. The lowest BCUT2D eigenvalue weighted by Gasteiger charge is -1.84. The molecule has 0 bridgehead atoms. The Morgan fingerprint density at radius 2 is 2.27 bits per heavy atom. The summed E-state index contributed by atoms with van der Waals surface area (Å²) in [6.45, 7) is 7.55. The van der Waals surface area contributed by atoms with Gasteiger partial charge in [-0.3, -0.25) is 4.98 Å². The van der Waals surface area contributed by atoms with Crippen molar-refractivity contribution in [1.82, 2.24) is 4.98 Å². The Kier molecular flexibility index (Phi) is 4.29. The summed E-state index contributed by atoms with van der Waals surface area (Å²) in [5, 5.41) is 0. The molecule has 3 heteroatoms. The number of carbonyl (C=O) groups excluding carboxylic acids is 1. The minimum absolute atomic E-state index is 0.236. The average molecular weight is 203 g/mol. The topological polar surface area (TPSA) is 39.2 Å². The van der Waals surface area contributed by atoms with Crippen LogP contribution in [-0.2, 0) is 9.53 Å². The van der Waals surface area contributed by atoms with Crippen molar-refractivity contribution >= 4 is 12.0 Å².